The minimum Gasteiger partial charge on any atom is -0.396 e. The van der Waals surface area contributed by atoms with E-state index in [-0.39, 0.29) is 0 Å². The number of hydrogen-bond acceptors (Lipinski definition) is 2. The zero-order chi connectivity index (χ0) is 9.78. The standard InChI is InChI=1S/C11H20O2/c1-2-10-13-11-8-6-4-3-5-7-9-12/h1,12H,3-11H2. The van der Waals surface area contributed by atoms with E-state index in [9.17, 15) is 0 Å². The van der Waals surface area contributed by atoms with Gasteiger partial charge in [-0.1, -0.05) is 31.6 Å². The quantitative estimate of drug-likeness (QED) is 0.438. The van der Waals surface area contributed by atoms with Crippen molar-refractivity contribution in [3.05, 3.63) is 0 Å². The molecule has 0 bridgehead atoms. The van der Waals surface area contributed by atoms with Crippen LogP contribution in [0.4, 0.5) is 0 Å². The first-order valence-electron chi connectivity index (χ1n) is 5.04. The van der Waals surface area contributed by atoms with Gasteiger partial charge in [-0.15, -0.1) is 6.42 Å². The zero-order valence-corrected chi connectivity index (χ0v) is 8.30. The lowest BCUT2D eigenvalue weighted by Gasteiger charge is -2.00. The minimum absolute atomic E-state index is 0.325. The van der Waals surface area contributed by atoms with E-state index in [0.717, 1.165) is 25.9 Å². The molecule has 0 saturated heterocycles. The van der Waals surface area contributed by atoms with Crippen LogP contribution < -0.4 is 0 Å². The van der Waals surface area contributed by atoms with E-state index in [1.807, 2.05) is 0 Å². The lowest BCUT2D eigenvalue weighted by Crippen LogP contribution is -1.94. The first kappa shape index (κ1) is 12.5. The second kappa shape index (κ2) is 11.5. The van der Waals surface area contributed by atoms with Gasteiger partial charge in [-0.2, -0.15) is 0 Å². The Bertz CT molecular complexity index is 127. The summed E-state index contributed by atoms with van der Waals surface area (Å²) in [4.78, 5) is 0. The molecule has 0 radical (unpaired) electrons. The number of hydrogen-bond donors (Lipinski definition) is 1. The van der Waals surface area contributed by atoms with Crippen LogP contribution in [0, 0.1) is 12.3 Å². The summed E-state index contributed by atoms with van der Waals surface area (Å²) in [5, 5.41) is 8.53. The van der Waals surface area contributed by atoms with E-state index in [2.05, 4.69) is 5.92 Å². The predicted molar refractivity (Wildman–Crippen MR) is 54.4 cm³/mol. The predicted octanol–water partition coefficient (Wildman–Crippen LogP) is 1.97. The van der Waals surface area contributed by atoms with Gasteiger partial charge in [0.25, 0.3) is 0 Å². The normalized spacial score (nSPS) is 9.85. The largest absolute Gasteiger partial charge is 0.396 e. The fraction of sp³-hybridized carbons (Fsp3) is 0.818. The van der Waals surface area contributed by atoms with Gasteiger partial charge in [0.15, 0.2) is 0 Å². The van der Waals surface area contributed by atoms with Gasteiger partial charge in [-0.05, 0) is 12.8 Å². The van der Waals surface area contributed by atoms with E-state index in [1.54, 1.807) is 0 Å². The lowest BCUT2D eigenvalue weighted by atomic mass is 10.1. The first-order valence-corrected chi connectivity index (χ1v) is 5.04. The van der Waals surface area contributed by atoms with Gasteiger partial charge < -0.3 is 9.84 Å². The van der Waals surface area contributed by atoms with Crippen molar-refractivity contribution in [1.82, 2.24) is 0 Å². The van der Waals surface area contributed by atoms with Crippen LogP contribution in [0.1, 0.15) is 38.5 Å². The highest BCUT2D eigenvalue weighted by molar-refractivity contribution is 4.82. The van der Waals surface area contributed by atoms with Gasteiger partial charge in [0.1, 0.15) is 6.61 Å². The summed E-state index contributed by atoms with van der Waals surface area (Å²) in [5.74, 6) is 2.44. The van der Waals surface area contributed by atoms with Crippen molar-refractivity contribution in [2.75, 3.05) is 19.8 Å². The Kier molecular flexibility index (Phi) is 11.0. The fourth-order valence-electron chi connectivity index (χ4n) is 1.15. The van der Waals surface area contributed by atoms with Gasteiger partial charge in [-0.3, -0.25) is 0 Å². The molecule has 0 aromatic carbocycles. The molecular weight excluding hydrogens is 164 g/mol. The smallest absolute Gasteiger partial charge is 0.107 e. The molecule has 0 spiro atoms. The third-order valence-electron chi connectivity index (χ3n) is 1.88. The van der Waals surface area contributed by atoms with E-state index in [0.29, 0.717) is 13.2 Å². The number of aliphatic hydroxyl groups is 1. The van der Waals surface area contributed by atoms with Gasteiger partial charge in [0, 0.05) is 13.2 Å². The molecule has 0 rings (SSSR count). The Morgan fingerprint density at radius 2 is 1.62 bits per heavy atom. The van der Waals surface area contributed by atoms with Crippen LogP contribution in [-0.2, 0) is 4.74 Å². The SMILES string of the molecule is C#CCOCCCCCCCCO. The van der Waals surface area contributed by atoms with Crippen LogP contribution in [-0.4, -0.2) is 24.9 Å². The Balaban J connectivity index is 2.80. The summed E-state index contributed by atoms with van der Waals surface area (Å²) in [7, 11) is 0. The lowest BCUT2D eigenvalue weighted by molar-refractivity contribution is 0.161. The van der Waals surface area contributed by atoms with E-state index in [1.165, 1.54) is 19.3 Å². The molecule has 76 valence electrons. The molecule has 2 nitrogen and oxygen atoms in total. The molecule has 0 atom stereocenters. The van der Waals surface area contributed by atoms with Crippen LogP contribution in [0.5, 0.6) is 0 Å². The highest BCUT2D eigenvalue weighted by atomic mass is 16.5. The number of terminal acetylenes is 1. The van der Waals surface area contributed by atoms with Gasteiger partial charge >= 0.3 is 0 Å². The van der Waals surface area contributed by atoms with Crippen LogP contribution in [0.2, 0.25) is 0 Å². The molecule has 0 unspecified atom stereocenters. The topological polar surface area (TPSA) is 29.5 Å². The highest BCUT2D eigenvalue weighted by Gasteiger charge is 1.90. The average Bonchev–Trinajstić information content (AvgIpc) is 2.16. The van der Waals surface area contributed by atoms with Crippen molar-refractivity contribution >= 4 is 0 Å². The molecule has 0 aromatic heterocycles. The van der Waals surface area contributed by atoms with Gasteiger partial charge in [0.2, 0.25) is 0 Å². The van der Waals surface area contributed by atoms with Crippen molar-refractivity contribution in [2.24, 2.45) is 0 Å². The molecule has 0 aromatic rings. The molecule has 1 N–H and O–H groups in total. The summed E-state index contributed by atoms with van der Waals surface area (Å²) in [6, 6.07) is 0. The minimum atomic E-state index is 0.325. The molecule has 0 saturated carbocycles. The Labute approximate surface area is 81.3 Å². The zero-order valence-electron chi connectivity index (χ0n) is 8.30. The summed E-state index contributed by atoms with van der Waals surface area (Å²) >= 11 is 0. The summed E-state index contributed by atoms with van der Waals surface area (Å²) < 4.78 is 5.13. The maximum atomic E-state index is 8.53. The number of unbranched alkanes of at least 4 members (excludes halogenated alkanes) is 5. The Morgan fingerprint density at radius 3 is 2.23 bits per heavy atom. The first-order chi connectivity index (χ1) is 6.41. The van der Waals surface area contributed by atoms with Crippen LogP contribution in [0.15, 0.2) is 0 Å². The van der Waals surface area contributed by atoms with E-state index >= 15 is 0 Å². The molecule has 0 aliphatic rings. The monoisotopic (exact) mass is 184 g/mol. The van der Waals surface area contributed by atoms with Crippen molar-refractivity contribution in [1.29, 1.82) is 0 Å². The molecular formula is C11H20O2. The number of aliphatic hydroxyl groups excluding tert-OH is 1. The number of rotatable bonds is 9. The van der Waals surface area contributed by atoms with E-state index in [4.69, 9.17) is 16.3 Å². The van der Waals surface area contributed by atoms with Crippen LogP contribution >= 0.6 is 0 Å². The molecule has 0 aliphatic carbocycles. The van der Waals surface area contributed by atoms with Crippen molar-refractivity contribution in [3.8, 4) is 12.3 Å². The highest BCUT2D eigenvalue weighted by Crippen LogP contribution is 2.04. The summed E-state index contributed by atoms with van der Waals surface area (Å²) in [6.07, 6.45) is 11.9. The third-order valence-corrected chi connectivity index (χ3v) is 1.88. The van der Waals surface area contributed by atoms with Crippen LogP contribution in [0.25, 0.3) is 0 Å². The second-order valence-electron chi connectivity index (χ2n) is 3.10. The van der Waals surface area contributed by atoms with Gasteiger partial charge in [0.05, 0.1) is 0 Å². The van der Waals surface area contributed by atoms with Gasteiger partial charge in [-0.25, -0.2) is 0 Å². The van der Waals surface area contributed by atoms with Crippen molar-refractivity contribution in [3.63, 3.8) is 0 Å². The summed E-state index contributed by atoms with van der Waals surface area (Å²) in [6.45, 7) is 1.54. The molecule has 2 heteroatoms. The molecule has 0 aliphatic heterocycles. The Morgan fingerprint density at radius 1 is 1.00 bits per heavy atom. The maximum Gasteiger partial charge on any atom is 0.107 e. The third kappa shape index (κ3) is 11.5. The second-order valence-corrected chi connectivity index (χ2v) is 3.10. The fourth-order valence-corrected chi connectivity index (χ4v) is 1.15. The molecule has 0 heterocycles. The van der Waals surface area contributed by atoms with E-state index < -0.39 is 0 Å². The number of ether oxygens (including phenoxy) is 1. The summed E-state index contributed by atoms with van der Waals surface area (Å²) in [5.41, 5.74) is 0. The molecule has 13 heavy (non-hydrogen) atoms. The van der Waals surface area contributed by atoms with Crippen molar-refractivity contribution < 1.29 is 9.84 Å². The molecule has 0 fully saturated rings. The van der Waals surface area contributed by atoms with Crippen LogP contribution in [0.3, 0.4) is 0 Å². The molecule has 0 amide bonds. The maximum absolute atomic E-state index is 8.53. The van der Waals surface area contributed by atoms with Crippen molar-refractivity contribution in [2.45, 2.75) is 38.5 Å². The Hall–Kier alpha value is -0.520. The average molecular weight is 184 g/mol.